The maximum atomic E-state index is 12.1. The summed E-state index contributed by atoms with van der Waals surface area (Å²) in [5.74, 6) is -0.484. The van der Waals surface area contributed by atoms with Crippen molar-refractivity contribution in [3.8, 4) is 11.3 Å². The molecule has 1 N–H and O–H groups in total. The molecule has 0 atom stereocenters. The van der Waals surface area contributed by atoms with Gasteiger partial charge < -0.3 is 10.2 Å². The first-order chi connectivity index (χ1) is 14.0. The highest BCUT2D eigenvalue weighted by atomic mass is 16.2. The lowest BCUT2D eigenvalue weighted by atomic mass is 10.1. The Labute approximate surface area is 170 Å². The highest BCUT2D eigenvalue weighted by Gasteiger charge is 2.10. The predicted octanol–water partition coefficient (Wildman–Crippen LogP) is 2.82. The van der Waals surface area contributed by atoms with Gasteiger partial charge in [-0.1, -0.05) is 60.7 Å². The second kappa shape index (κ2) is 9.50. The SMILES string of the molecule is CN(C)C(=O)CNC(=O)/C=C/c1cn(Cc2ccccc2)nc1-c1ccccc1. The topological polar surface area (TPSA) is 67.2 Å². The Morgan fingerprint density at radius 1 is 1.03 bits per heavy atom. The number of hydrogen-bond acceptors (Lipinski definition) is 3. The van der Waals surface area contributed by atoms with Crippen LogP contribution in [0.2, 0.25) is 0 Å². The zero-order chi connectivity index (χ0) is 20.6. The first-order valence-electron chi connectivity index (χ1n) is 9.36. The maximum absolute atomic E-state index is 12.1. The van der Waals surface area contributed by atoms with Crippen molar-refractivity contribution in [1.82, 2.24) is 20.0 Å². The molecule has 0 aliphatic rings. The molecule has 2 amide bonds. The summed E-state index contributed by atoms with van der Waals surface area (Å²) in [6, 6.07) is 19.9. The lowest BCUT2D eigenvalue weighted by Crippen LogP contribution is -2.35. The molecule has 6 heteroatoms. The molecule has 29 heavy (non-hydrogen) atoms. The normalized spacial score (nSPS) is 10.8. The second-order valence-electron chi connectivity index (χ2n) is 6.82. The predicted molar refractivity (Wildman–Crippen MR) is 114 cm³/mol. The van der Waals surface area contributed by atoms with Crippen LogP contribution in [0.3, 0.4) is 0 Å². The molecule has 6 nitrogen and oxygen atoms in total. The average Bonchev–Trinajstić information content (AvgIpc) is 3.14. The van der Waals surface area contributed by atoms with Crippen LogP contribution in [0, 0.1) is 0 Å². The fraction of sp³-hybridized carbons (Fsp3) is 0.174. The summed E-state index contributed by atoms with van der Waals surface area (Å²) in [5, 5.41) is 7.32. The molecule has 0 unspecified atom stereocenters. The van der Waals surface area contributed by atoms with Crippen molar-refractivity contribution < 1.29 is 9.59 Å². The van der Waals surface area contributed by atoms with Gasteiger partial charge in [0.1, 0.15) is 0 Å². The number of carbonyl (C=O) groups is 2. The first kappa shape index (κ1) is 20.1. The van der Waals surface area contributed by atoms with E-state index in [4.69, 9.17) is 5.10 Å². The number of aromatic nitrogens is 2. The summed E-state index contributed by atoms with van der Waals surface area (Å²) in [6.07, 6.45) is 5.08. The van der Waals surface area contributed by atoms with Crippen LogP contribution in [0.15, 0.2) is 72.9 Å². The summed E-state index contributed by atoms with van der Waals surface area (Å²) >= 11 is 0. The molecule has 0 bridgehead atoms. The Hall–Kier alpha value is -3.67. The van der Waals surface area contributed by atoms with Crippen LogP contribution in [0.25, 0.3) is 17.3 Å². The van der Waals surface area contributed by atoms with E-state index in [2.05, 4.69) is 17.4 Å². The molecule has 3 rings (SSSR count). The number of rotatable bonds is 7. The van der Waals surface area contributed by atoms with Gasteiger partial charge in [-0.15, -0.1) is 0 Å². The van der Waals surface area contributed by atoms with Crippen molar-refractivity contribution in [3.63, 3.8) is 0 Å². The van der Waals surface area contributed by atoms with Gasteiger partial charge in [0.2, 0.25) is 11.8 Å². The third-order valence-electron chi connectivity index (χ3n) is 4.35. The van der Waals surface area contributed by atoms with Gasteiger partial charge in [-0.2, -0.15) is 5.10 Å². The smallest absolute Gasteiger partial charge is 0.244 e. The molecule has 2 aromatic carbocycles. The summed E-state index contributed by atoms with van der Waals surface area (Å²) in [5.41, 5.74) is 3.75. The van der Waals surface area contributed by atoms with Gasteiger partial charge in [0.05, 0.1) is 18.8 Å². The molecule has 1 aromatic heterocycles. The Bertz CT molecular complexity index is 992. The number of amides is 2. The van der Waals surface area contributed by atoms with Crippen molar-refractivity contribution in [3.05, 3.63) is 84.1 Å². The zero-order valence-corrected chi connectivity index (χ0v) is 16.6. The van der Waals surface area contributed by atoms with Crippen molar-refractivity contribution >= 4 is 17.9 Å². The summed E-state index contributed by atoms with van der Waals surface area (Å²) in [6.45, 7) is 0.604. The molecule has 0 fully saturated rings. The monoisotopic (exact) mass is 388 g/mol. The maximum Gasteiger partial charge on any atom is 0.244 e. The molecule has 148 valence electrons. The van der Waals surface area contributed by atoms with Gasteiger partial charge in [0.25, 0.3) is 0 Å². The van der Waals surface area contributed by atoms with E-state index in [9.17, 15) is 9.59 Å². The van der Waals surface area contributed by atoms with E-state index in [0.29, 0.717) is 6.54 Å². The lowest BCUT2D eigenvalue weighted by Gasteiger charge is -2.09. The van der Waals surface area contributed by atoms with Crippen LogP contribution in [0.4, 0.5) is 0 Å². The zero-order valence-electron chi connectivity index (χ0n) is 16.6. The van der Waals surface area contributed by atoms with E-state index in [1.165, 1.54) is 11.0 Å². The number of likely N-dealkylation sites (N-methyl/N-ethyl adjacent to an activating group) is 1. The van der Waals surface area contributed by atoms with Gasteiger partial charge in [0, 0.05) is 37.5 Å². The molecular formula is C23H24N4O2. The number of hydrogen-bond donors (Lipinski definition) is 1. The third kappa shape index (κ3) is 5.65. The minimum atomic E-state index is -0.324. The van der Waals surface area contributed by atoms with Crippen LogP contribution < -0.4 is 5.32 Å². The van der Waals surface area contributed by atoms with E-state index in [-0.39, 0.29) is 18.4 Å². The summed E-state index contributed by atoms with van der Waals surface area (Å²) in [7, 11) is 3.30. The Balaban J connectivity index is 1.80. The van der Waals surface area contributed by atoms with Crippen LogP contribution in [-0.4, -0.2) is 47.1 Å². The molecule has 3 aromatic rings. The standard InChI is InChI=1S/C23H24N4O2/c1-26(2)22(29)15-24-21(28)14-13-20-17-27(16-18-9-5-3-6-10-18)25-23(20)19-11-7-4-8-12-19/h3-14,17H,15-16H2,1-2H3,(H,24,28)/b14-13+. The first-order valence-corrected chi connectivity index (χ1v) is 9.36. The molecular weight excluding hydrogens is 364 g/mol. The minimum Gasteiger partial charge on any atom is -0.347 e. The third-order valence-corrected chi connectivity index (χ3v) is 4.35. The van der Waals surface area contributed by atoms with E-state index in [1.54, 1.807) is 20.2 Å². The van der Waals surface area contributed by atoms with Gasteiger partial charge in [-0.05, 0) is 11.6 Å². The number of nitrogens with one attached hydrogen (secondary N) is 1. The molecule has 0 aliphatic heterocycles. The quantitative estimate of drug-likeness (QED) is 0.633. The molecule has 0 saturated carbocycles. The van der Waals surface area contributed by atoms with E-state index < -0.39 is 0 Å². The van der Waals surface area contributed by atoms with Gasteiger partial charge in [0.15, 0.2) is 0 Å². The fourth-order valence-electron chi connectivity index (χ4n) is 2.78. The lowest BCUT2D eigenvalue weighted by molar-refractivity contribution is -0.129. The highest BCUT2D eigenvalue weighted by molar-refractivity contribution is 5.95. The van der Waals surface area contributed by atoms with Gasteiger partial charge >= 0.3 is 0 Å². The number of benzene rings is 2. The van der Waals surface area contributed by atoms with Crippen LogP contribution in [0.1, 0.15) is 11.1 Å². The van der Waals surface area contributed by atoms with E-state index in [1.807, 2.05) is 59.4 Å². The second-order valence-corrected chi connectivity index (χ2v) is 6.82. The Morgan fingerprint density at radius 3 is 2.34 bits per heavy atom. The highest BCUT2D eigenvalue weighted by Crippen LogP contribution is 2.23. The Kier molecular flexibility index (Phi) is 6.58. The summed E-state index contributed by atoms with van der Waals surface area (Å²) < 4.78 is 1.87. The van der Waals surface area contributed by atoms with E-state index in [0.717, 1.165) is 22.4 Å². The molecule has 1 heterocycles. The van der Waals surface area contributed by atoms with Crippen molar-refractivity contribution in [2.24, 2.45) is 0 Å². The Morgan fingerprint density at radius 2 is 1.69 bits per heavy atom. The molecule has 0 saturated heterocycles. The largest absolute Gasteiger partial charge is 0.347 e. The van der Waals surface area contributed by atoms with Crippen molar-refractivity contribution in [2.75, 3.05) is 20.6 Å². The van der Waals surface area contributed by atoms with Crippen molar-refractivity contribution in [2.45, 2.75) is 6.54 Å². The molecule has 0 spiro atoms. The van der Waals surface area contributed by atoms with Crippen LogP contribution in [-0.2, 0) is 16.1 Å². The number of nitrogens with zero attached hydrogens (tertiary/aromatic N) is 3. The van der Waals surface area contributed by atoms with Gasteiger partial charge in [-0.25, -0.2) is 0 Å². The van der Waals surface area contributed by atoms with E-state index >= 15 is 0 Å². The average molecular weight is 388 g/mol. The van der Waals surface area contributed by atoms with Crippen LogP contribution >= 0.6 is 0 Å². The number of carbonyl (C=O) groups excluding carboxylic acids is 2. The minimum absolute atomic E-state index is 0.0328. The van der Waals surface area contributed by atoms with Crippen LogP contribution in [0.5, 0.6) is 0 Å². The molecule has 0 radical (unpaired) electrons. The van der Waals surface area contributed by atoms with Crippen molar-refractivity contribution in [1.29, 1.82) is 0 Å². The molecule has 0 aliphatic carbocycles. The fourth-order valence-corrected chi connectivity index (χ4v) is 2.78. The summed E-state index contributed by atoms with van der Waals surface area (Å²) in [4.78, 5) is 25.1. The van der Waals surface area contributed by atoms with Gasteiger partial charge in [-0.3, -0.25) is 14.3 Å².